The number of halogens is 4. The molecule has 0 aliphatic heterocycles. The first-order valence-electron chi connectivity index (χ1n) is 5.40. The zero-order valence-corrected chi connectivity index (χ0v) is 13.8. The first-order chi connectivity index (χ1) is 9.40. The number of nitrogens with one attached hydrogen (secondary N) is 1. The molecule has 0 amide bonds. The molecule has 2 aromatic carbocycles. The van der Waals surface area contributed by atoms with Crippen molar-refractivity contribution >= 4 is 67.7 Å². The van der Waals surface area contributed by atoms with Crippen LogP contribution in [0.5, 0.6) is 0 Å². The van der Waals surface area contributed by atoms with Gasteiger partial charge < -0.3 is 11.1 Å². The molecule has 3 N–H and O–H groups in total. The Labute approximate surface area is 139 Å². The van der Waals surface area contributed by atoms with E-state index in [9.17, 15) is 4.39 Å². The van der Waals surface area contributed by atoms with Crippen LogP contribution in [0.2, 0.25) is 10.0 Å². The molecule has 2 aromatic rings. The van der Waals surface area contributed by atoms with Crippen molar-refractivity contribution in [3.8, 4) is 0 Å². The maximum atomic E-state index is 13.2. The average Bonchev–Trinajstić information content (AvgIpc) is 2.33. The van der Waals surface area contributed by atoms with Crippen molar-refractivity contribution in [2.45, 2.75) is 0 Å². The van der Waals surface area contributed by atoms with Crippen molar-refractivity contribution in [2.24, 2.45) is 5.73 Å². The fraction of sp³-hybridized carbons (Fsp3) is 0. The predicted molar refractivity (Wildman–Crippen MR) is 89.7 cm³/mol. The van der Waals surface area contributed by atoms with E-state index >= 15 is 0 Å². The van der Waals surface area contributed by atoms with Crippen LogP contribution in [0.1, 0.15) is 5.56 Å². The van der Waals surface area contributed by atoms with Crippen molar-refractivity contribution in [3.05, 3.63) is 56.2 Å². The Morgan fingerprint density at radius 3 is 2.40 bits per heavy atom. The van der Waals surface area contributed by atoms with Crippen molar-refractivity contribution in [1.29, 1.82) is 0 Å². The van der Waals surface area contributed by atoms with Crippen LogP contribution in [-0.2, 0) is 0 Å². The summed E-state index contributed by atoms with van der Waals surface area (Å²) in [5.41, 5.74) is 7.35. The van der Waals surface area contributed by atoms with Gasteiger partial charge in [0.05, 0.1) is 15.7 Å². The number of anilines is 2. The minimum atomic E-state index is -0.505. The monoisotopic (exact) mass is 392 g/mol. The third kappa shape index (κ3) is 3.23. The van der Waals surface area contributed by atoms with Crippen LogP contribution < -0.4 is 11.1 Å². The summed E-state index contributed by atoms with van der Waals surface area (Å²) in [5, 5.41) is 3.37. The van der Waals surface area contributed by atoms with Crippen molar-refractivity contribution < 1.29 is 4.39 Å². The fourth-order valence-electron chi connectivity index (χ4n) is 1.68. The maximum Gasteiger partial charge on any atom is 0.126 e. The summed E-state index contributed by atoms with van der Waals surface area (Å²) in [5.74, 6) is -0.505. The normalized spacial score (nSPS) is 10.4. The first-order valence-corrected chi connectivity index (χ1v) is 7.35. The molecular weight excluding hydrogens is 386 g/mol. The summed E-state index contributed by atoms with van der Waals surface area (Å²) >= 11 is 20.4. The Morgan fingerprint density at radius 2 is 1.85 bits per heavy atom. The van der Waals surface area contributed by atoms with Crippen LogP contribution in [0.4, 0.5) is 15.8 Å². The highest BCUT2D eigenvalue weighted by Gasteiger charge is 2.13. The molecule has 0 bridgehead atoms. The standard InChI is InChI=1S/C13H8BrCl2FN2S/c14-7-2-1-3-10(11(7)13(18)20)19-12-8(15)4-6(17)5-9(12)16/h1-5,19H,(H2,18,20). The molecule has 0 unspecified atom stereocenters. The third-order valence-electron chi connectivity index (χ3n) is 2.53. The lowest BCUT2D eigenvalue weighted by Gasteiger charge is -2.15. The van der Waals surface area contributed by atoms with Crippen LogP contribution in [0.15, 0.2) is 34.8 Å². The summed E-state index contributed by atoms with van der Waals surface area (Å²) < 4.78 is 13.9. The summed E-state index contributed by atoms with van der Waals surface area (Å²) in [6.07, 6.45) is 0. The lowest BCUT2D eigenvalue weighted by atomic mass is 10.1. The van der Waals surface area contributed by atoms with E-state index < -0.39 is 5.82 Å². The molecule has 0 radical (unpaired) electrons. The van der Waals surface area contributed by atoms with Crippen LogP contribution in [0.25, 0.3) is 0 Å². The fourth-order valence-corrected chi connectivity index (χ4v) is 3.16. The van der Waals surface area contributed by atoms with Crippen molar-refractivity contribution in [1.82, 2.24) is 0 Å². The van der Waals surface area contributed by atoms with Gasteiger partial charge in [0.25, 0.3) is 0 Å². The van der Waals surface area contributed by atoms with E-state index in [0.29, 0.717) is 16.9 Å². The van der Waals surface area contributed by atoms with Gasteiger partial charge in [0.2, 0.25) is 0 Å². The predicted octanol–water partition coefficient (Wildman–Crippen LogP) is 5.27. The van der Waals surface area contributed by atoms with Crippen LogP contribution in [0, 0.1) is 5.82 Å². The van der Waals surface area contributed by atoms with Crippen LogP contribution >= 0.6 is 51.3 Å². The second kappa shape index (κ2) is 6.26. The molecule has 2 nitrogen and oxygen atoms in total. The molecule has 0 aliphatic rings. The van der Waals surface area contributed by atoms with Gasteiger partial charge in [-0.25, -0.2) is 4.39 Å². The average molecular weight is 394 g/mol. The van der Waals surface area contributed by atoms with E-state index in [4.69, 9.17) is 41.2 Å². The van der Waals surface area contributed by atoms with Gasteiger partial charge in [-0.05, 0) is 40.2 Å². The minimum Gasteiger partial charge on any atom is -0.389 e. The number of thiocarbonyl (C=S) groups is 1. The van der Waals surface area contributed by atoms with Crippen molar-refractivity contribution in [2.75, 3.05) is 5.32 Å². The smallest absolute Gasteiger partial charge is 0.126 e. The van der Waals surface area contributed by atoms with Gasteiger partial charge >= 0.3 is 0 Å². The highest BCUT2D eigenvalue weighted by Crippen LogP contribution is 2.36. The number of hydrogen-bond donors (Lipinski definition) is 2. The van der Waals surface area contributed by atoms with E-state index in [-0.39, 0.29) is 15.0 Å². The number of benzene rings is 2. The van der Waals surface area contributed by atoms with E-state index in [2.05, 4.69) is 21.2 Å². The molecule has 0 saturated carbocycles. The lowest BCUT2D eigenvalue weighted by Crippen LogP contribution is -2.13. The molecule has 2 rings (SSSR count). The van der Waals surface area contributed by atoms with Crippen molar-refractivity contribution in [3.63, 3.8) is 0 Å². The molecule has 0 heterocycles. The SMILES string of the molecule is NC(=S)c1c(Br)cccc1Nc1c(Cl)cc(F)cc1Cl. The zero-order valence-electron chi connectivity index (χ0n) is 9.88. The lowest BCUT2D eigenvalue weighted by molar-refractivity contribution is 0.628. The second-order valence-corrected chi connectivity index (χ2v) is 6.00. The Hall–Kier alpha value is -0.880. The Balaban J connectivity index is 2.51. The topological polar surface area (TPSA) is 38.0 Å². The number of nitrogens with two attached hydrogens (primary N) is 1. The molecule has 0 spiro atoms. The Bertz CT molecular complexity index is 671. The summed E-state index contributed by atoms with van der Waals surface area (Å²) in [4.78, 5) is 0.217. The van der Waals surface area contributed by atoms with E-state index in [1.165, 1.54) is 12.1 Å². The zero-order chi connectivity index (χ0) is 14.9. The molecule has 0 saturated heterocycles. The van der Waals surface area contributed by atoms with Gasteiger partial charge in [-0.1, -0.05) is 41.5 Å². The molecule has 0 aromatic heterocycles. The van der Waals surface area contributed by atoms with Gasteiger partial charge in [0.1, 0.15) is 10.8 Å². The first kappa shape index (κ1) is 15.5. The van der Waals surface area contributed by atoms with Gasteiger partial charge in [-0.15, -0.1) is 0 Å². The third-order valence-corrected chi connectivity index (χ3v) is 3.99. The minimum absolute atomic E-state index is 0.170. The van der Waals surface area contributed by atoms with Gasteiger partial charge in [0.15, 0.2) is 0 Å². The van der Waals surface area contributed by atoms with Crippen LogP contribution in [0.3, 0.4) is 0 Å². The van der Waals surface area contributed by atoms with Gasteiger partial charge in [-0.3, -0.25) is 0 Å². The molecule has 7 heteroatoms. The molecular formula is C13H8BrCl2FN2S. The Morgan fingerprint density at radius 1 is 1.25 bits per heavy atom. The highest BCUT2D eigenvalue weighted by atomic mass is 79.9. The maximum absolute atomic E-state index is 13.2. The number of hydrogen-bond acceptors (Lipinski definition) is 2. The Kier molecular flexibility index (Phi) is 4.86. The molecule has 0 aliphatic carbocycles. The molecule has 0 atom stereocenters. The largest absolute Gasteiger partial charge is 0.389 e. The summed E-state index contributed by atoms with van der Waals surface area (Å²) in [6, 6.07) is 7.74. The molecule has 20 heavy (non-hydrogen) atoms. The second-order valence-electron chi connectivity index (χ2n) is 3.90. The number of rotatable bonds is 3. The molecule has 0 fully saturated rings. The quantitative estimate of drug-likeness (QED) is 0.697. The van der Waals surface area contributed by atoms with Gasteiger partial charge in [0, 0.05) is 15.7 Å². The van der Waals surface area contributed by atoms with E-state index in [1.807, 2.05) is 6.07 Å². The summed E-state index contributed by atoms with van der Waals surface area (Å²) in [6.45, 7) is 0. The molecule has 104 valence electrons. The van der Waals surface area contributed by atoms with Gasteiger partial charge in [-0.2, -0.15) is 0 Å². The van der Waals surface area contributed by atoms with Crippen LogP contribution in [-0.4, -0.2) is 4.99 Å². The summed E-state index contributed by atoms with van der Waals surface area (Å²) in [7, 11) is 0. The van der Waals surface area contributed by atoms with E-state index in [1.54, 1.807) is 12.1 Å². The highest BCUT2D eigenvalue weighted by molar-refractivity contribution is 9.10. The van der Waals surface area contributed by atoms with E-state index in [0.717, 1.165) is 4.47 Å².